The summed E-state index contributed by atoms with van der Waals surface area (Å²) >= 11 is 0. The monoisotopic (exact) mass is 609 g/mol. The van der Waals surface area contributed by atoms with E-state index < -0.39 is 58.7 Å². The summed E-state index contributed by atoms with van der Waals surface area (Å²) in [5.74, 6) is -3.43. The van der Waals surface area contributed by atoms with E-state index in [1.165, 1.54) is 24.3 Å². The third kappa shape index (κ3) is 6.93. The van der Waals surface area contributed by atoms with Crippen molar-refractivity contribution in [3.8, 4) is 16.9 Å². The van der Waals surface area contributed by atoms with Gasteiger partial charge in [0.05, 0.1) is 11.9 Å². The summed E-state index contributed by atoms with van der Waals surface area (Å²) in [6, 6.07) is 16.6. The zero-order chi connectivity index (χ0) is 30.7. The van der Waals surface area contributed by atoms with Gasteiger partial charge < -0.3 is 15.4 Å². The molecule has 1 aliphatic heterocycles. The van der Waals surface area contributed by atoms with Crippen LogP contribution in [0.15, 0.2) is 78.5 Å². The van der Waals surface area contributed by atoms with Gasteiger partial charge in [0.1, 0.15) is 11.5 Å². The summed E-state index contributed by atoms with van der Waals surface area (Å²) in [6.45, 7) is -3.79. The lowest BCUT2D eigenvalue weighted by Crippen LogP contribution is -2.59. The molecule has 2 aromatic carbocycles. The standard InChI is InChI=1S/C28H24F5N3O5S/c1-42(39,40)16-24(37)35-15-22-21(23-12-11-20(14-34-23)41-26(29)30)13-27(28(31,32)33,36-25(22)38)19-9-7-18(8-10-19)17-5-3-2-4-6-17/h2-12,14,26H,13,15-16H2,1H3,(H,35,37)(H,36,38)/t27-/m0/s1. The fraction of sp³-hybridized carbons (Fsp3) is 0.250. The lowest BCUT2D eigenvalue weighted by atomic mass is 9.77. The van der Waals surface area contributed by atoms with Gasteiger partial charge in [-0.1, -0.05) is 54.6 Å². The van der Waals surface area contributed by atoms with Crippen molar-refractivity contribution in [1.29, 1.82) is 0 Å². The minimum atomic E-state index is -5.02. The second-order valence-electron chi connectivity index (χ2n) is 9.54. The third-order valence-corrected chi connectivity index (χ3v) is 7.29. The molecule has 14 heteroatoms. The van der Waals surface area contributed by atoms with Gasteiger partial charge in [-0.25, -0.2) is 8.42 Å². The van der Waals surface area contributed by atoms with Crippen molar-refractivity contribution >= 4 is 27.2 Å². The lowest BCUT2D eigenvalue weighted by molar-refractivity contribution is -0.201. The van der Waals surface area contributed by atoms with Crippen molar-refractivity contribution in [2.75, 3.05) is 18.6 Å². The Kier molecular flexibility index (Phi) is 8.66. The number of sulfone groups is 1. The molecule has 42 heavy (non-hydrogen) atoms. The predicted molar refractivity (Wildman–Crippen MR) is 143 cm³/mol. The van der Waals surface area contributed by atoms with Crippen LogP contribution in [-0.2, 0) is 25.0 Å². The molecule has 0 unspecified atom stereocenters. The first-order chi connectivity index (χ1) is 19.7. The van der Waals surface area contributed by atoms with E-state index in [-0.39, 0.29) is 28.2 Å². The fourth-order valence-electron chi connectivity index (χ4n) is 4.55. The molecule has 0 saturated carbocycles. The van der Waals surface area contributed by atoms with Gasteiger partial charge in [-0.05, 0) is 34.4 Å². The summed E-state index contributed by atoms with van der Waals surface area (Å²) in [5, 5.41) is 4.30. The Balaban J connectivity index is 1.78. The number of carbonyl (C=O) groups excluding carboxylic acids is 2. The number of halogens is 5. The molecule has 0 spiro atoms. The van der Waals surface area contributed by atoms with E-state index in [1.54, 1.807) is 30.3 Å². The Labute approximate surface area is 237 Å². The molecule has 0 saturated heterocycles. The van der Waals surface area contributed by atoms with Gasteiger partial charge in [0, 0.05) is 24.8 Å². The molecule has 4 rings (SSSR count). The molecule has 0 fully saturated rings. The molecule has 1 atom stereocenters. The van der Waals surface area contributed by atoms with Crippen molar-refractivity contribution in [2.24, 2.45) is 0 Å². The summed E-state index contributed by atoms with van der Waals surface area (Å²) in [7, 11) is -3.73. The van der Waals surface area contributed by atoms with Gasteiger partial charge in [-0.15, -0.1) is 0 Å². The molecule has 222 valence electrons. The highest BCUT2D eigenvalue weighted by Crippen LogP contribution is 2.48. The molecule has 8 nitrogen and oxygen atoms in total. The second-order valence-corrected chi connectivity index (χ2v) is 11.7. The Hall–Kier alpha value is -4.33. The van der Waals surface area contributed by atoms with Crippen molar-refractivity contribution < 1.29 is 44.7 Å². The number of rotatable bonds is 9. The highest BCUT2D eigenvalue weighted by molar-refractivity contribution is 7.91. The van der Waals surface area contributed by atoms with Gasteiger partial charge in [-0.3, -0.25) is 14.6 Å². The van der Waals surface area contributed by atoms with Crippen LogP contribution in [0.5, 0.6) is 5.75 Å². The van der Waals surface area contributed by atoms with Crippen molar-refractivity contribution in [1.82, 2.24) is 15.6 Å². The van der Waals surface area contributed by atoms with E-state index in [1.807, 2.05) is 0 Å². The van der Waals surface area contributed by atoms with E-state index >= 15 is 0 Å². The zero-order valence-corrected chi connectivity index (χ0v) is 22.7. The average molecular weight is 610 g/mol. The van der Waals surface area contributed by atoms with E-state index in [9.17, 15) is 40.0 Å². The molecular formula is C28H24F5N3O5S. The smallest absolute Gasteiger partial charge is 0.416 e. The van der Waals surface area contributed by atoms with Crippen LogP contribution in [0, 0.1) is 0 Å². The van der Waals surface area contributed by atoms with Crippen LogP contribution in [0.4, 0.5) is 22.0 Å². The first-order valence-corrected chi connectivity index (χ1v) is 14.4. The van der Waals surface area contributed by atoms with Gasteiger partial charge in [0.15, 0.2) is 15.4 Å². The number of benzene rings is 2. The number of nitrogens with one attached hydrogen (secondary N) is 2. The molecular weight excluding hydrogens is 585 g/mol. The van der Waals surface area contributed by atoms with Crippen LogP contribution in [-0.4, -0.2) is 56.6 Å². The maximum absolute atomic E-state index is 14.9. The molecule has 3 aromatic rings. The Bertz CT molecular complexity index is 1590. The van der Waals surface area contributed by atoms with Crippen molar-refractivity contribution in [3.05, 3.63) is 89.8 Å². The minimum absolute atomic E-state index is 0.159. The molecule has 2 heterocycles. The summed E-state index contributed by atoms with van der Waals surface area (Å²) in [6.07, 6.45) is -4.21. The second kappa shape index (κ2) is 11.9. The first kappa shape index (κ1) is 30.6. The van der Waals surface area contributed by atoms with E-state index in [2.05, 4.69) is 20.4 Å². The molecule has 0 bridgehead atoms. The van der Waals surface area contributed by atoms with Crippen LogP contribution in [0.1, 0.15) is 17.7 Å². The number of aromatic nitrogens is 1. The third-order valence-electron chi connectivity index (χ3n) is 6.50. The van der Waals surface area contributed by atoms with E-state index in [0.717, 1.165) is 30.1 Å². The molecule has 0 radical (unpaired) electrons. The zero-order valence-electron chi connectivity index (χ0n) is 21.9. The number of pyridine rings is 1. The van der Waals surface area contributed by atoms with Gasteiger partial charge >= 0.3 is 12.8 Å². The number of hydrogen-bond acceptors (Lipinski definition) is 6. The lowest BCUT2D eigenvalue weighted by Gasteiger charge is -2.41. The van der Waals surface area contributed by atoms with E-state index in [0.29, 0.717) is 5.56 Å². The average Bonchev–Trinajstić information content (AvgIpc) is 2.91. The maximum atomic E-state index is 14.9. The van der Waals surface area contributed by atoms with Gasteiger partial charge in [-0.2, -0.15) is 22.0 Å². The van der Waals surface area contributed by atoms with Crippen LogP contribution < -0.4 is 15.4 Å². The highest BCUT2D eigenvalue weighted by atomic mass is 32.2. The van der Waals surface area contributed by atoms with Crippen LogP contribution in [0.2, 0.25) is 0 Å². The molecule has 2 amide bonds. The fourth-order valence-corrected chi connectivity index (χ4v) is 5.13. The maximum Gasteiger partial charge on any atom is 0.416 e. The SMILES string of the molecule is CS(=O)(=O)CC(=O)NCC1=C(c2ccc(OC(F)F)cn2)C[C@](c2ccc(-c3ccccc3)cc2)(C(F)(F)F)NC1=O. The number of ether oxygens (including phenoxy) is 1. The van der Waals surface area contributed by atoms with Gasteiger partial charge in [0.25, 0.3) is 0 Å². The number of carbonyl (C=O) groups is 2. The van der Waals surface area contributed by atoms with Gasteiger partial charge in [0.2, 0.25) is 11.8 Å². The Morgan fingerprint density at radius 2 is 1.69 bits per heavy atom. The van der Waals surface area contributed by atoms with Crippen molar-refractivity contribution in [3.63, 3.8) is 0 Å². The molecule has 2 N–H and O–H groups in total. The topological polar surface area (TPSA) is 114 Å². The predicted octanol–water partition coefficient (Wildman–Crippen LogP) is 4.24. The van der Waals surface area contributed by atoms with Crippen LogP contribution in [0.25, 0.3) is 16.7 Å². The van der Waals surface area contributed by atoms with Crippen molar-refractivity contribution in [2.45, 2.75) is 24.7 Å². The minimum Gasteiger partial charge on any atom is -0.433 e. The Morgan fingerprint density at radius 3 is 2.24 bits per heavy atom. The molecule has 0 aliphatic carbocycles. The van der Waals surface area contributed by atoms with E-state index in [4.69, 9.17) is 0 Å². The number of hydrogen-bond donors (Lipinski definition) is 2. The number of alkyl halides is 5. The largest absolute Gasteiger partial charge is 0.433 e. The van der Waals surface area contributed by atoms with Crippen LogP contribution in [0.3, 0.4) is 0 Å². The summed E-state index contributed by atoms with van der Waals surface area (Å²) in [4.78, 5) is 29.4. The highest BCUT2D eigenvalue weighted by Gasteiger charge is 2.59. The number of amides is 2. The number of nitrogens with zero attached hydrogens (tertiary/aromatic N) is 1. The quantitative estimate of drug-likeness (QED) is 0.351. The first-order valence-electron chi connectivity index (χ1n) is 12.3. The van der Waals surface area contributed by atoms with Crippen LogP contribution >= 0.6 is 0 Å². The molecule has 1 aliphatic rings. The Morgan fingerprint density at radius 1 is 1.05 bits per heavy atom. The summed E-state index contributed by atoms with van der Waals surface area (Å²) in [5.41, 5.74) is -2.50. The molecule has 1 aromatic heterocycles. The normalized spacial score (nSPS) is 17.6. The summed E-state index contributed by atoms with van der Waals surface area (Å²) < 4.78 is 97.1.